The maximum absolute atomic E-state index is 6.00. The van der Waals surface area contributed by atoms with Gasteiger partial charge in [0, 0.05) is 21.7 Å². The summed E-state index contributed by atoms with van der Waals surface area (Å²) >= 11 is 13.6. The van der Waals surface area contributed by atoms with Crippen molar-refractivity contribution < 1.29 is 4.74 Å². The maximum Gasteiger partial charge on any atom is 0.139 e. The lowest BCUT2D eigenvalue weighted by molar-refractivity contribution is 0.344. The van der Waals surface area contributed by atoms with Gasteiger partial charge >= 0.3 is 0 Å². The minimum absolute atomic E-state index is 0.587. The highest BCUT2D eigenvalue weighted by Crippen LogP contribution is 2.28. The number of hydrogen-bond acceptors (Lipinski definition) is 2. The fourth-order valence-corrected chi connectivity index (χ4v) is 2.50. The third kappa shape index (κ3) is 4.13. The highest BCUT2D eigenvalue weighted by atomic mass is 35.5. The zero-order valence-electron chi connectivity index (χ0n) is 9.61. The van der Waals surface area contributed by atoms with Crippen LogP contribution >= 0.6 is 35.0 Å². The van der Waals surface area contributed by atoms with E-state index in [2.05, 4.69) is 12.1 Å². The molecule has 0 unspecified atom stereocenters. The molecule has 0 radical (unpaired) electrons. The van der Waals surface area contributed by atoms with E-state index in [4.69, 9.17) is 27.9 Å². The first-order valence-corrected chi connectivity index (χ1v) is 7.25. The molecule has 94 valence electrons. The van der Waals surface area contributed by atoms with Gasteiger partial charge in [-0.05, 0) is 24.3 Å². The summed E-state index contributed by atoms with van der Waals surface area (Å²) in [6.45, 7) is 0.597. The highest BCUT2D eigenvalue weighted by Gasteiger charge is 2.02. The van der Waals surface area contributed by atoms with Crippen molar-refractivity contribution in [2.24, 2.45) is 0 Å². The van der Waals surface area contributed by atoms with E-state index in [1.165, 1.54) is 4.90 Å². The molecule has 0 aromatic heterocycles. The van der Waals surface area contributed by atoms with Crippen LogP contribution in [0.5, 0.6) is 5.75 Å². The van der Waals surface area contributed by atoms with Crippen LogP contribution in [0, 0.1) is 0 Å². The Hall–Kier alpha value is -0.830. The van der Waals surface area contributed by atoms with Crippen molar-refractivity contribution in [3.63, 3.8) is 0 Å². The van der Waals surface area contributed by atoms with Crippen molar-refractivity contribution in [3.05, 3.63) is 58.6 Å². The molecule has 4 heteroatoms. The van der Waals surface area contributed by atoms with Crippen LogP contribution in [0.25, 0.3) is 0 Å². The fourth-order valence-electron chi connectivity index (χ4n) is 1.42. The molecule has 1 nitrogen and oxygen atoms in total. The van der Waals surface area contributed by atoms with Gasteiger partial charge in [-0.1, -0.05) is 41.4 Å². The first kappa shape index (κ1) is 13.6. The molecule has 0 aliphatic heterocycles. The minimum atomic E-state index is 0.587. The highest BCUT2D eigenvalue weighted by molar-refractivity contribution is 7.99. The van der Waals surface area contributed by atoms with Crippen LogP contribution < -0.4 is 4.74 Å². The summed E-state index contributed by atoms with van der Waals surface area (Å²) in [4.78, 5) is 1.23. The summed E-state index contributed by atoms with van der Waals surface area (Å²) in [6, 6.07) is 15.4. The van der Waals surface area contributed by atoms with Gasteiger partial charge in [-0.2, -0.15) is 0 Å². The third-order valence-electron chi connectivity index (χ3n) is 2.25. The summed E-state index contributed by atoms with van der Waals surface area (Å²) < 4.78 is 5.60. The van der Waals surface area contributed by atoms with Crippen LogP contribution in [0.3, 0.4) is 0 Å². The smallest absolute Gasteiger partial charge is 0.139 e. The van der Waals surface area contributed by atoms with Gasteiger partial charge in [-0.25, -0.2) is 0 Å². The van der Waals surface area contributed by atoms with E-state index >= 15 is 0 Å². The summed E-state index contributed by atoms with van der Waals surface area (Å²) in [5.41, 5.74) is 0. The molecular weight excluding hydrogens is 287 g/mol. The van der Waals surface area contributed by atoms with E-state index in [0.29, 0.717) is 22.4 Å². The summed E-state index contributed by atoms with van der Waals surface area (Å²) in [6.07, 6.45) is 0. The van der Waals surface area contributed by atoms with Gasteiger partial charge in [-0.3, -0.25) is 0 Å². The van der Waals surface area contributed by atoms with Gasteiger partial charge in [0.05, 0.1) is 11.6 Å². The molecule has 0 bridgehead atoms. The third-order valence-corrected chi connectivity index (χ3v) is 3.77. The largest absolute Gasteiger partial charge is 0.491 e. The number of hydrogen-bond donors (Lipinski definition) is 0. The van der Waals surface area contributed by atoms with E-state index in [-0.39, 0.29) is 0 Å². The second kappa shape index (κ2) is 6.93. The molecule has 0 N–H and O–H groups in total. The molecule has 2 rings (SSSR count). The quantitative estimate of drug-likeness (QED) is 0.557. The Bertz CT molecular complexity index is 502. The topological polar surface area (TPSA) is 9.23 Å². The molecule has 0 aliphatic rings. The lowest BCUT2D eigenvalue weighted by Gasteiger charge is -2.08. The van der Waals surface area contributed by atoms with E-state index in [1.54, 1.807) is 30.0 Å². The van der Waals surface area contributed by atoms with Crippen LogP contribution in [-0.4, -0.2) is 12.4 Å². The Balaban J connectivity index is 1.80. The summed E-state index contributed by atoms with van der Waals surface area (Å²) in [7, 11) is 0. The first-order chi connectivity index (χ1) is 8.75. The van der Waals surface area contributed by atoms with Crippen molar-refractivity contribution in [2.75, 3.05) is 12.4 Å². The first-order valence-electron chi connectivity index (χ1n) is 5.51. The summed E-state index contributed by atoms with van der Waals surface area (Å²) in [5.74, 6) is 1.50. The Labute approximate surface area is 121 Å². The number of ether oxygens (including phenoxy) is 1. The number of benzene rings is 2. The predicted octanol–water partition coefficient (Wildman–Crippen LogP) is 5.16. The summed E-state index contributed by atoms with van der Waals surface area (Å²) in [5, 5.41) is 1.22. The Morgan fingerprint density at radius 2 is 1.78 bits per heavy atom. The van der Waals surface area contributed by atoms with Gasteiger partial charge in [0.1, 0.15) is 5.75 Å². The van der Waals surface area contributed by atoms with Crippen LogP contribution in [0.15, 0.2) is 53.4 Å². The Morgan fingerprint density at radius 3 is 2.56 bits per heavy atom. The Kier molecular flexibility index (Phi) is 5.24. The van der Waals surface area contributed by atoms with E-state index in [9.17, 15) is 0 Å². The molecule has 2 aromatic carbocycles. The van der Waals surface area contributed by atoms with Crippen molar-refractivity contribution in [2.45, 2.75) is 4.90 Å². The average Bonchev–Trinajstić information content (AvgIpc) is 2.40. The number of halogens is 2. The molecule has 0 spiro atoms. The Morgan fingerprint density at radius 1 is 1.00 bits per heavy atom. The van der Waals surface area contributed by atoms with Crippen molar-refractivity contribution in [1.29, 1.82) is 0 Å². The van der Waals surface area contributed by atoms with Crippen LogP contribution in [-0.2, 0) is 0 Å². The lowest BCUT2D eigenvalue weighted by atomic mass is 10.3. The van der Waals surface area contributed by atoms with Crippen molar-refractivity contribution in [1.82, 2.24) is 0 Å². The molecule has 0 heterocycles. The predicted molar refractivity (Wildman–Crippen MR) is 79.1 cm³/mol. The van der Waals surface area contributed by atoms with Gasteiger partial charge in [0.2, 0.25) is 0 Å². The molecule has 0 amide bonds. The van der Waals surface area contributed by atoms with Gasteiger partial charge < -0.3 is 4.74 Å². The van der Waals surface area contributed by atoms with Crippen LogP contribution in [0.4, 0.5) is 0 Å². The van der Waals surface area contributed by atoms with Gasteiger partial charge in [0.15, 0.2) is 0 Å². The second-order valence-electron chi connectivity index (χ2n) is 3.58. The van der Waals surface area contributed by atoms with E-state index in [1.807, 2.05) is 18.2 Å². The molecule has 18 heavy (non-hydrogen) atoms. The molecule has 2 aromatic rings. The molecule has 0 saturated carbocycles. The van der Waals surface area contributed by atoms with E-state index < -0.39 is 0 Å². The normalized spacial score (nSPS) is 10.3. The molecular formula is C14H12Cl2OS. The average molecular weight is 299 g/mol. The van der Waals surface area contributed by atoms with Crippen molar-refractivity contribution >= 4 is 35.0 Å². The fraction of sp³-hybridized carbons (Fsp3) is 0.143. The zero-order valence-corrected chi connectivity index (χ0v) is 11.9. The standard InChI is InChI=1S/C14H12Cl2OS/c15-11-6-7-13(16)14(10-11)17-8-9-18-12-4-2-1-3-5-12/h1-7,10H,8-9H2. The molecule has 0 saturated heterocycles. The van der Waals surface area contributed by atoms with Crippen LogP contribution in [0.2, 0.25) is 10.0 Å². The zero-order chi connectivity index (χ0) is 12.8. The lowest BCUT2D eigenvalue weighted by Crippen LogP contribution is -2.00. The SMILES string of the molecule is Clc1ccc(Cl)c(OCCSc2ccccc2)c1. The van der Waals surface area contributed by atoms with Gasteiger partial charge in [-0.15, -0.1) is 11.8 Å². The van der Waals surface area contributed by atoms with Gasteiger partial charge in [0.25, 0.3) is 0 Å². The monoisotopic (exact) mass is 298 g/mol. The molecule has 0 atom stereocenters. The number of rotatable bonds is 5. The van der Waals surface area contributed by atoms with Crippen molar-refractivity contribution in [3.8, 4) is 5.75 Å². The van der Waals surface area contributed by atoms with E-state index in [0.717, 1.165) is 5.75 Å². The molecule has 0 fully saturated rings. The number of thioether (sulfide) groups is 1. The van der Waals surface area contributed by atoms with Crippen LogP contribution in [0.1, 0.15) is 0 Å². The maximum atomic E-state index is 6.00. The second-order valence-corrected chi connectivity index (χ2v) is 5.60. The molecule has 0 aliphatic carbocycles. The minimum Gasteiger partial charge on any atom is -0.491 e.